The smallest absolute Gasteiger partial charge is 0.235 e. The van der Waals surface area contributed by atoms with E-state index >= 15 is 0 Å². The Morgan fingerprint density at radius 2 is 1.68 bits per heavy atom. The van der Waals surface area contributed by atoms with E-state index < -0.39 is 16.1 Å². The zero-order valence-electron chi connectivity index (χ0n) is 29.0. The predicted molar refractivity (Wildman–Crippen MR) is 192 cm³/mol. The summed E-state index contributed by atoms with van der Waals surface area (Å²) >= 11 is 0. The molecule has 2 amide bonds. The molecule has 3 aromatic carbocycles. The van der Waals surface area contributed by atoms with Gasteiger partial charge in [0.05, 0.1) is 51.6 Å². The lowest BCUT2D eigenvalue weighted by Crippen LogP contribution is -2.38. The van der Waals surface area contributed by atoms with Crippen molar-refractivity contribution in [3.8, 4) is 34.1 Å². The number of hydrogen-bond donors (Lipinski definition) is 3. The number of nitrogens with zero attached hydrogens (tertiary/aromatic N) is 1. The van der Waals surface area contributed by atoms with Crippen molar-refractivity contribution in [3.05, 3.63) is 63.8 Å². The Morgan fingerprint density at radius 3 is 2.36 bits per heavy atom. The number of benzene rings is 2. The van der Waals surface area contributed by atoms with Crippen molar-refractivity contribution in [1.82, 2.24) is 5.32 Å². The van der Waals surface area contributed by atoms with E-state index in [0.29, 0.717) is 84.4 Å². The Labute approximate surface area is 292 Å². The number of hydrogen-bond acceptors (Lipinski definition) is 10. The molecule has 3 aromatic rings. The summed E-state index contributed by atoms with van der Waals surface area (Å²) in [5.74, 6) is 1.40. The van der Waals surface area contributed by atoms with E-state index in [2.05, 4.69) is 16.0 Å². The van der Waals surface area contributed by atoms with Crippen LogP contribution in [0.15, 0.2) is 47.3 Å². The Hall–Kier alpha value is -4.98. The van der Waals surface area contributed by atoms with E-state index in [1.165, 1.54) is 25.4 Å². The van der Waals surface area contributed by atoms with Crippen LogP contribution in [0.5, 0.6) is 23.0 Å². The zero-order chi connectivity index (χ0) is 36.0. The average molecular weight is 709 g/mol. The molecule has 1 aliphatic heterocycles. The first kappa shape index (κ1) is 36.3. The van der Waals surface area contributed by atoms with Gasteiger partial charge >= 0.3 is 0 Å². The van der Waals surface area contributed by atoms with Crippen LogP contribution in [0.4, 0.5) is 17.1 Å². The average Bonchev–Trinajstić information content (AvgIpc) is 3.33. The first-order valence-electron chi connectivity index (χ1n) is 16.5. The van der Waals surface area contributed by atoms with E-state index in [9.17, 15) is 22.8 Å². The molecule has 0 radical (unpaired) electrons. The van der Waals surface area contributed by atoms with Crippen LogP contribution in [0.3, 0.4) is 0 Å². The van der Waals surface area contributed by atoms with Crippen LogP contribution >= 0.6 is 0 Å². The predicted octanol–water partition coefficient (Wildman–Crippen LogP) is 4.63. The molecule has 2 aliphatic rings. The van der Waals surface area contributed by atoms with Crippen LogP contribution < -0.4 is 44.6 Å². The number of sulfonamides is 1. The van der Waals surface area contributed by atoms with Crippen molar-refractivity contribution in [3.63, 3.8) is 0 Å². The Morgan fingerprint density at radius 1 is 0.920 bits per heavy atom. The van der Waals surface area contributed by atoms with Gasteiger partial charge in [0.2, 0.25) is 33.0 Å². The Bertz CT molecular complexity index is 1930. The minimum absolute atomic E-state index is 0.0637. The number of methoxy groups -OCH3 is 4. The third-order valence-corrected chi connectivity index (χ3v) is 10.7. The molecule has 1 fully saturated rings. The van der Waals surface area contributed by atoms with Crippen molar-refractivity contribution in [2.45, 2.75) is 51.5 Å². The van der Waals surface area contributed by atoms with Gasteiger partial charge in [0, 0.05) is 37.7 Å². The van der Waals surface area contributed by atoms with E-state index in [-0.39, 0.29) is 29.4 Å². The monoisotopic (exact) mass is 708 g/mol. The highest BCUT2D eigenvalue weighted by Gasteiger charge is 2.30. The van der Waals surface area contributed by atoms with Crippen LogP contribution in [-0.2, 0) is 26.0 Å². The maximum absolute atomic E-state index is 13.6. The quantitative estimate of drug-likeness (QED) is 0.226. The number of carbonyl (C=O) groups excluding carboxylic acids is 2. The van der Waals surface area contributed by atoms with Crippen molar-refractivity contribution < 1.29 is 37.0 Å². The Balaban J connectivity index is 1.34. The number of fused-ring (bicyclic) bond motifs is 3. The molecule has 3 N–H and O–H groups in total. The molecule has 13 nitrogen and oxygen atoms in total. The van der Waals surface area contributed by atoms with Gasteiger partial charge in [-0.05, 0) is 85.2 Å². The van der Waals surface area contributed by atoms with Crippen LogP contribution in [0.2, 0.25) is 0 Å². The maximum Gasteiger partial charge on any atom is 0.235 e. The summed E-state index contributed by atoms with van der Waals surface area (Å²) in [6.45, 7) is 2.12. The lowest BCUT2D eigenvalue weighted by Gasteiger charge is -2.29. The number of anilines is 3. The molecule has 14 heteroatoms. The summed E-state index contributed by atoms with van der Waals surface area (Å²) in [4.78, 5) is 38.7. The first-order chi connectivity index (χ1) is 24.0. The number of carbonyl (C=O) groups is 2. The summed E-state index contributed by atoms with van der Waals surface area (Å²) in [6, 6.07) is 11.5. The molecule has 1 unspecified atom stereocenters. The number of nitrogens with one attached hydrogen (secondary N) is 3. The maximum atomic E-state index is 13.6. The molecule has 50 heavy (non-hydrogen) atoms. The second-order valence-electron chi connectivity index (χ2n) is 12.2. The summed E-state index contributed by atoms with van der Waals surface area (Å²) in [6.07, 6.45) is 3.04. The van der Waals surface area contributed by atoms with Gasteiger partial charge in [-0.1, -0.05) is 6.07 Å². The van der Waals surface area contributed by atoms with Gasteiger partial charge in [0.1, 0.15) is 5.75 Å². The fourth-order valence-electron chi connectivity index (χ4n) is 6.57. The highest BCUT2D eigenvalue weighted by molar-refractivity contribution is 7.92. The highest BCUT2D eigenvalue weighted by atomic mass is 32.2. The molecule has 0 saturated carbocycles. The van der Waals surface area contributed by atoms with Gasteiger partial charge in [-0.3, -0.25) is 18.7 Å². The van der Waals surface area contributed by atoms with E-state index in [4.69, 9.17) is 18.9 Å². The van der Waals surface area contributed by atoms with Crippen molar-refractivity contribution in [2.75, 3.05) is 62.2 Å². The molecule has 5 rings (SSSR count). The van der Waals surface area contributed by atoms with Gasteiger partial charge in [-0.25, -0.2) is 8.42 Å². The van der Waals surface area contributed by atoms with Gasteiger partial charge in [-0.2, -0.15) is 0 Å². The Kier molecular flexibility index (Phi) is 11.4. The molecular formula is C36H44N4O9S. The van der Waals surface area contributed by atoms with Gasteiger partial charge in [-0.15, -0.1) is 0 Å². The van der Waals surface area contributed by atoms with Crippen LogP contribution in [-0.4, -0.2) is 67.5 Å². The van der Waals surface area contributed by atoms with Gasteiger partial charge < -0.3 is 34.9 Å². The highest BCUT2D eigenvalue weighted by Crippen LogP contribution is 2.50. The molecule has 0 bridgehead atoms. The molecule has 1 saturated heterocycles. The minimum Gasteiger partial charge on any atom is -0.495 e. The fourth-order valence-corrected chi connectivity index (χ4v) is 8.21. The molecule has 0 aromatic heterocycles. The second kappa shape index (κ2) is 15.7. The molecular weight excluding hydrogens is 664 g/mol. The normalized spacial score (nSPS) is 16.2. The number of amides is 2. The van der Waals surface area contributed by atoms with E-state index in [0.717, 1.165) is 23.1 Å². The third-order valence-electron chi connectivity index (χ3n) is 8.89. The number of aryl methyl sites for hydroxylation is 1. The minimum atomic E-state index is -3.48. The van der Waals surface area contributed by atoms with Crippen molar-refractivity contribution >= 4 is 38.9 Å². The summed E-state index contributed by atoms with van der Waals surface area (Å²) in [7, 11) is 2.63. The SMILES string of the molecule is COc1ccc(NC(=O)CCCNc2ccc3c(cc2=O)C(NC(C)=O)CCc2cc(OC)c(OC)c(OC)c2-3)cc1N1CCCCS1(=O)=O. The number of ether oxygens (including phenoxy) is 4. The van der Waals surface area contributed by atoms with Crippen molar-refractivity contribution in [2.24, 2.45) is 0 Å². The summed E-state index contributed by atoms with van der Waals surface area (Å²) in [5, 5.41) is 9.02. The first-order valence-corrected chi connectivity index (χ1v) is 18.1. The number of rotatable bonds is 12. The molecule has 1 heterocycles. The van der Waals surface area contributed by atoms with Gasteiger partial charge in [0.25, 0.3) is 0 Å². The fraction of sp³-hybridized carbons (Fsp3) is 0.417. The van der Waals surface area contributed by atoms with Crippen molar-refractivity contribution in [1.29, 1.82) is 0 Å². The molecule has 1 atom stereocenters. The largest absolute Gasteiger partial charge is 0.495 e. The standard InChI is InChI=1S/C36H44N4O9S/c1-22(41)38-27-13-10-23-19-32(47-3)35(48-4)36(49-5)34(23)25-12-14-28(30(42)21-26(25)27)37-16-8-9-33(43)39-24-11-15-31(46-2)29(20-24)40-17-6-7-18-50(40,44)45/h11-12,14-15,19-21,27H,6-10,13,16-18H2,1-5H3,(H,37,42)(H,38,41)(H,39,43). The topological polar surface area (TPSA) is 162 Å². The van der Waals surface area contributed by atoms with Crippen LogP contribution in [0.25, 0.3) is 11.1 Å². The van der Waals surface area contributed by atoms with E-state index in [1.54, 1.807) is 44.6 Å². The van der Waals surface area contributed by atoms with Gasteiger partial charge in [0.15, 0.2) is 11.5 Å². The summed E-state index contributed by atoms with van der Waals surface area (Å²) in [5.41, 5.74) is 3.96. The summed E-state index contributed by atoms with van der Waals surface area (Å²) < 4.78 is 49.3. The van der Waals surface area contributed by atoms with Crippen LogP contribution in [0.1, 0.15) is 56.2 Å². The molecule has 1 aliphatic carbocycles. The molecule has 0 spiro atoms. The lowest BCUT2D eigenvalue weighted by atomic mass is 9.95. The third kappa shape index (κ3) is 7.75. The zero-order valence-corrected chi connectivity index (χ0v) is 29.8. The lowest BCUT2D eigenvalue weighted by molar-refractivity contribution is -0.119. The van der Waals surface area contributed by atoms with Crippen LogP contribution in [0, 0.1) is 0 Å². The second-order valence-corrected chi connectivity index (χ2v) is 14.2. The van der Waals surface area contributed by atoms with E-state index in [1.807, 2.05) is 12.1 Å². The molecule has 268 valence electrons.